The van der Waals surface area contributed by atoms with E-state index in [2.05, 4.69) is 5.32 Å². The fourth-order valence-electron chi connectivity index (χ4n) is 3.21. The van der Waals surface area contributed by atoms with Crippen molar-refractivity contribution in [1.29, 1.82) is 0 Å². The minimum Gasteiger partial charge on any atom is -0.495 e. The van der Waals surface area contributed by atoms with Gasteiger partial charge in [0.25, 0.3) is 15.9 Å². The van der Waals surface area contributed by atoms with E-state index in [1.54, 1.807) is 49.4 Å². The average molecular weight is 493 g/mol. The number of carbonyl (C=O) groups is 1. The third-order valence-electron chi connectivity index (χ3n) is 4.77. The zero-order chi connectivity index (χ0) is 23.5. The second kappa shape index (κ2) is 9.81. The highest BCUT2D eigenvalue weighted by atomic mass is 35.5. The first-order chi connectivity index (χ1) is 15.2. The minimum absolute atomic E-state index is 0.0256. The summed E-state index contributed by atoms with van der Waals surface area (Å²) in [6, 6.07) is 16.4. The van der Waals surface area contributed by atoms with E-state index in [1.807, 2.05) is 13.0 Å². The normalized spacial score (nSPS) is 11.2. The Bertz CT molecular complexity index is 1250. The maximum atomic E-state index is 13.4. The highest BCUT2D eigenvalue weighted by Crippen LogP contribution is 2.34. The topological polar surface area (TPSA) is 75.7 Å². The molecule has 0 spiro atoms. The first kappa shape index (κ1) is 23.9. The van der Waals surface area contributed by atoms with Crippen LogP contribution < -0.4 is 14.4 Å². The smallest absolute Gasteiger partial charge is 0.265 e. The highest BCUT2D eigenvalue weighted by molar-refractivity contribution is 7.93. The molecule has 0 saturated heterocycles. The van der Waals surface area contributed by atoms with E-state index in [1.165, 1.54) is 23.5 Å². The van der Waals surface area contributed by atoms with Gasteiger partial charge in [0.15, 0.2) is 0 Å². The molecule has 0 unspecified atom stereocenters. The van der Waals surface area contributed by atoms with Crippen LogP contribution in [0.1, 0.15) is 22.8 Å². The van der Waals surface area contributed by atoms with Gasteiger partial charge in [0, 0.05) is 6.54 Å². The first-order valence-corrected chi connectivity index (χ1v) is 11.9. The third-order valence-corrected chi connectivity index (χ3v) is 7.45. The third kappa shape index (κ3) is 4.85. The molecule has 0 bridgehead atoms. The number of sulfonamides is 1. The number of aryl methyl sites for hydroxylation is 1. The van der Waals surface area contributed by atoms with Crippen molar-refractivity contribution in [2.75, 3.05) is 23.3 Å². The van der Waals surface area contributed by atoms with Crippen molar-refractivity contribution in [3.63, 3.8) is 0 Å². The zero-order valence-electron chi connectivity index (χ0n) is 17.7. The van der Waals surface area contributed by atoms with E-state index in [9.17, 15) is 13.2 Å². The SMILES string of the molecule is CCN(c1ccccc1)S(=O)(=O)c1cc(C(=O)Nc2cc(C)ccc2OC)c(Cl)cc1Cl. The zero-order valence-corrected chi connectivity index (χ0v) is 20.1. The predicted molar refractivity (Wildman–Crippen MR) is 129 cm³/mol. The molecule has 0 aliphatic heterocycles. The maximum absolute atomic E-state index is 13.4. The predicted octanol–water partition coefficient (Wildman–Crippen LogP) is 5.78. The van der Waals surface area contributed by atoms with Gasteiger partial charge >= 0.3 is 0 Å². The number of nitrogens with zero attached hydrogens (tertiary/aromatic N) is 1. The first-order valence-electron chi connectivity index (χ1n) is 9.71. The van der Waals surface area contributed by atoms with Gasteiger partial charge in [0.1, 0.15) is 10.6 Å². The molecule has 0 aliphatic carbocycles. The van der Waals surface area contributed by atoms with Crippen molar-refractivity contribution < 1.29 is 17.9 Å². The Kier molecular flexibility index (Phi) is 7.33. The summed E-state index contributed by atoms with van der Waals surface area (Å²) in [5, 5.41) is 2.69. The van der Waals surface area contributed by atoms with Gasteiger partial charge in [0.2, 0.25) is 0 Å². The van der Waals surface area contributed by atoms with Crippen LogP contribution in [-0.2, 0) is 10.0 Å². The molecule has 32 heavy (non-hydrogen) atoms. The van der Waals surface area contributed by atoms with Crippen LogP contribution in [-0.4, -0.2) is 28.0 Å². The Morgan fingerprint density at radius 2 is 1.72 bits per heavy atom. The second-order valence-corrected chi connectivity index (χ2v) is 9.57. The molecule has 9 heteroatoms. The molecule has 1 N–H and O–H groups in total. The van der Waals surface area contributed by atoms with Gasteiger partial charge in [-0.3, -0.25) is 9.10 Å². The van der Waals surface area contributed by atoms with Gasteiger partial charge in [-0.1, -0.05) is 47.5 Å². The number of halogens is 2. The molecule has 0 fully saturated rings. The molecular weight excluding hydrogens is 471 g/mol. The van der Waals surface area contributed by atoms with Crippen LogP contribution in [0.15, 0.2) is 65.6 Å². The molecule has 0 heterocycles. The molecule has 3 aromatic carbocycles. The Balaban J connectivity index is 2.04. The molecule has 0 radical (unpaired) electrons. The van der Waals surface area contributed by atoms with Crippen molar-refractivity contribution in [3.05, 3.63) is 81.8 Å². The van der Waals surface area contributed by atoms with E-state index in [0.717, 1.165) is 5.56 Å². The Morgan fingerprint density at radius 1 is 1.03 bits per heavy atom. The number of amides is 1. The van der Waals surface area contributed by atoms with Crippen LogP contribution in [0, 0.1) is 6.92 Å². The standard InChI is InChI=1S/C23H22Cl2N2O4S/c1-4-27(16-8-6-5-7-9-16)32(29,30)22-13-17(18(24)14-19(22)25)23(28)26-20-12-15(2)10-11-21(20)31-3/h5-14H,4H2,1-3H3,(H,26,28). The summed E-state index contributed by atoms with van der Waals surface area (Å²) in [5.74, 6) is -0.127. The number of anilines is 2. The van der Waals surface area contributed by atoms with Crippen LogP contribution in [0.5, 0.6) is 5.75 Å². The number of nitrogens with one attached hydrogen (secondary N) is 1. The number of methoxy groups -OCH3 is 1. The fraction of sp³-hybridized carbons (Fsp3) is 0.174. The number of hydrogen-bond acceptors (Lipinski definition) is 4. The van der Waals surface area contributed by atoms with Crippen LogP contribution in [0.4, 0.5) is 11.4 Å². The Morgan fingerprint density at radius 3 is 2.34 bits per heavy atom. The Hall–Kier alpha value is -2.74. The molecule has 3 aromatic rings. The van der Waals surface area contributed by atoms with E-state index in [-0.39, 0.29) is 27.0 Å². The number of para-hydroxylation sites is 1. The summed E-state index contributed by atoms with van der Waals surface area (Å²) in [6.07, 6.45) is 0. The highest BCUT2D eigenvalue weighted by Gasteiger charge is 2.28. The fourth-order valence-corrected chi connectivity index (χ4v) is 5.52. The molecule has 0 saturated carbocycles. The molecule has 3 rings (SSSR count). The minimum atomic E-state index is -4.06. The molecule has 0 aromatic heterocycles. The van der Waals surface area contributed by atoms with Crippen LogP contribution in [0.25, 0.3) is 0 Å². The molecular formula is C23H22Cl2N2O4S. The van der Waals surface area contributed by atoms with Crippen molar-refractivity contribution in [2.24, 2.45) is 0 Å². The van der Waals surface area contributed by atoms with Crippen molar-refractivity contribution in [1.82, 2.24) is 0 Å². The number of rotatable bonds is 7. The summed E-state index contributed by atoms with van der Waals surface area (Å²) < 4.78 is 33.3. The van der Waals surface area contributed by atoms with Crippen LogP contribution in [0.2, 0.25) is 10.0 Å². The van der Waals surface area contributed by atoms with Crippen LogP contribution in [0.3, 0.4) is 0 Å². The number of carbonyl (C=O) groups excluding carboxylic acids is 1. The largest absolute Gasteiger partial charge is 0.495 e. The van der Waals surface area contributed by atoms with E-state index in [0.29, 0.717) is 17.1 Å². The maximum Gasteiger partial charge on any atom is 0.265 e. The summed E-state index contributed by atoms with van der Waals surface area (Å²) in [7, 11) is -2.57. The van der Waals surface area contributed by atoms with Crippen molar-refractivity contribution in [3.8, 4) is 5.75 Å². The van der Waals surface area contributed by atoms with E-state index < -0.39 is 15.9 Å². The summed E-state index contributed by atoms with van der Waals surface area (Å²) in [6.45, 7) is 3.76. The van der Waals surface area contributed by atoms with E-state index >= 15 is 0 Å². The summed E-state index contributed by atoms with van der Waals surface area (Å²) >= 11 is 12.5. The quantitative estimate of drug-likeness (QED) is 0.453. The van der Waals surface area contributed by atoms with Gasteiger partial charge in [-0.25, -0.2) is 8.42 Å². The van der Waals surface area contributed by atoms with Crippen molar-refractivity contribution in [2.45, 2.75) is 18.7 Å². The lowest BCUT2D eigenvalue weighted by Crippen LogP contribution is -2.31. The molecule has 0 aliphatic rings. The number of benzene rings is 3. The van der Waals surface area contributed by atoms with Gasteiger partial charge < -0.3 is 10.1 Å². The lowest BCUT2D eigenvalue weighted by molar-refractivity contribution is 0.102. The molecule has 0 atom stereocenters. The average Bonchev–Trinajstić information content (AvgIpc) is 2.74. The van der Waals surface area contributed by atoms with E-state index in [4.69, 9.17) is 27.9 Å². The number of hydrogen-bond donors (Lipinski definition) is 1. The monoisotopic (exact) mass is 492 g/mol. The number of ether oxygens (including phenoxy) is 1. The summed E-state index contributed by atoms with van der Waals surface area (Å²) in [5.41, 5.74) is 1.80. The van der Waals surface area contributed by atoms with Gasteiger partial charge in [-0.15, -0.1) is 0 Å². The molecule has 6 nitrogen and oxygen atoms in total. The van der Waals surface area contributed by atoms with Gasteiger partial charge in [-0.05, 0) is 55.8 Å². The van der Waals surface area contributed by atoms with Crippen molar-refractivity contribution >= 4 is 50.5 Å². The molecule has 1 amide bonds. The molecule has 168 valence electrons. The van der Waals surface area contributed by atoms with Crippen LogP contribution >= 0.6 is 23.2 Å². The van der Waals surface area contributed by atoms with Gasteiger partial charge in [-0.2, -0.15) is 0 Å². The second-order valence-electron chi connectivity index (χ2n) is 6.93. The Labute approximate surface area is 197 Å². The lowest BCUT2D eigenvalue weighted by Gasteiger charge is -2.24. The lowest BCUT2D eigenvalue weighted by atomic mass is 10.1. The van der Waals surface area contributed by atoms with Gasteiger partial charge in [0.05, 0.1) is 34.1 Å². The summed E-state index contributed by atoms with van der Waals surface area (Å²) in [4.78, 5) is 12.8.